The van der Waals surface area contributed by atoms with Gasteiger partial charge in [0, 0.05) is 23.7 Å². The standard InChI is InChI=1S/C14H12N4/c1-10-3-2-4-13(17-10)14-12(9-16-18-14)11-5-7-15-8-6-11/h2-9H,1H3,(H,16,18). The molecule has 0 radical (unpaired) electrons. The van der Waals surface area contributed by atoms with Crippen molar-refractivity contribution >= 4 is 0 Å². The molecule has 0 saturated carbocycles. The molecule has 0 aromatic carbocycles. The smallest absolute Gasteiger partial charge is 0.0912 e. The number of rotatable bonds is 2. The fourth-order valence-corrected chi connectivity index (χ4v) is 1.91. The van der Waals surface area contributed by atoms with E-state index in [4.69, 9.17) is 0 Å². The third kappa shape index (κ3) is 1.88. The topological polar surface area (TPSA) is 54.5 Å². The molecule has 0 aliphatic carbocycles. The van der Waals surface area contributed by atoms with E-state index in [0.29, 0.717) is 0 Å². The molecule has 0 atom stereocenters. The van der Waals surface area contributed by atoms with Crippen LogP contribution in [0.25, 0.3) is 22.5 Å². The summed E-state index contributed by atoms with van der Waals surface area (Å²) in [6, 6.07) is 9.88. The highest BCUT2D eigenvalue weighted by Gasteiger charge is 2.10. The van der Waals surface area contributed by atoms with Crippen LogP contribution in [0.5, 0.6) is 0 Å². The van der Waals surface area contributed by atoms with Gasteiger partial charge in [-0.2, -0.15) is 5.10 Å². The minimum atomic E-state index is 0.902. The van der Waals surface area contributed by atoms with E-state index in [9.17, 15) is 0 Å². The van der Waals surface area contributed by atoms with Crippen molar-refractivity contribution in [2.45, 2.75) is 6.92 Å². The van der Waals surface area contributed by atoms with Crippen LogP contribution in [0.15, 0.2) is 48.9 Å². The number of pyridine rings is 2. The molecule has 0 saturated heterocycles. The van der Waals surface area contributed by atoms with E-state index in [-0.39, 0.29) is 0 Å². The van der Waals surface area contributed by atoms with Crippen molar-refractivity contribution in [2.24, 2.45) is 0 Å². The van der Waals surface area contributed by atoms with Crippen LogP contribution in [-0.2, 0) is 0 Å². The Balaban J connectivity index is 2.13. The summed E-state index contributed by atoms with van der Waals surface area (Å²) >= 11 is 0. The third-order valence-electron chi connectivity index (χ3n) is 2.78. The van der Waals surface area contributed by atoms with Crippen molar-refractivity contribution in [3.8, 4) is 22.5 Å². The number of nitrogens with zero attached hydrogens (tertiary/aromatic N) is 3. The molecular formula is C14H12N4. The van der Waals surface area contributed by atoms with Crippen LogP contribution < -0.4 is 0 Å². The lowest BCUT2D eigenvalue weighted by Crippen LogP contribution is -1.88. The normalized spacial score (nSPS) is 10.5. The average Bonchev–Trinajstić information content (AvgIpc) is 2.89. The second-order valence-corrected chi connectivity index (χ2v) is 4.06. The maximum absolute atomic E-state index is 4.51. The molecule has 4 heteroatoms. The fraction of sp³-hybridized carbons (Fsp3) is 0.0714. The maximum Gasteiger partial charge on any atom is 0.0912 e. The Labute approximate surface area is 105 Å². The van der Waals surface area contributed by atoms with Crippen LogP contribution in [0.1, 0.15) is 5.69 Å². The minimum absolute atomic E-state index is 0.902. The van der Waals surface area contributed by atoms with Gasteiger partial charge in [-0.25, -0.2) is 0 Å². The van der Waals surface area contributed by atoms with Crippen LogP contribution in [0.2, 0.25) is 0 Å². The number of nitrogens with one attached hydrogen (secondary N) is 1. The van der Waals surface area contributed by atoms with Gasteiger partial charge in [-0.3, -0.25) is 15.1 Å². The summed E-state index contributed by atoms with van der Waals surface area (Å²) in [5.74, 6) is 0. The van der Waals surface area contributed by atoms with E-state index in [0.717, 1.165) is 28.2 Å². The summed E-state index contributed by atoms with van der Waals surface area (Å²) in [4.78, 5) is 8.54. The molecule has 1 N–H and O–H groups in total. The molecular weight excluding hydrogens is 224 g/mol. The maximum atomic E-state index is 4.51. The highest BCUT2D eigenvalue weighted by molar-refractivity contribution is 5.78. The first kappa shape index (κ1) is 10.7. The number of hydrogen-bond acceptors (Lipinski definition) is 3. The lowest BCUT2D eigenvalue weighted by Gasteiger charge is -2.03. The molecule has 0 bridgehead atoms. The molecule has 88 valence electrons. The molecule has 0 aliphatic rings. The molecule has 0 unspecified atom stereocenters. The van der Waals surface area contributed by atoms with Crippen LogP contribution in [0.3, 0.4) is 0 Å². The quantitative estimate of drug-likeness (QED) is 0.744. The van der Waals surface area contributed by atoms with E-state index in [2.05, 4.69) is 20.2 Å². The highest BCUT2D eigenvalue weighted by atomic mass is 15.1. The molecule has 0 aliphatic heterocycles. The number of aromatic amines is 1. The zero-order valence-corrected chi connectivity index (χ0v) is 9.96. The fourth-order valence-electron chi connectivity index (χ4n) is 1.91. The Morgan fingerprint density at radius 2 is 1.89 bits per heavy atom. The number of hydrogen-bond donors (Lipinski definition) is 1. The van der Waals surface area contributed by atoms with Crippen molar-refractivity contribution in [3.63, 3.8) is 0 Å². The highest BCUT2D eigenvalue weighted by Crippen LogP contribution is 2.28. The molecule has 0 fully saturated rings. The first-order valence-corrected chi connectivity index (χ1v) is 5.72. The van der Waals surface area contributed by atoms with Crippen LogP contribution in [-0.4, -0.2) is 20.2 Å². The van der Waals surface area contributed by atoms with Crippen molar-refractivity contribution in [1.29, 1.82) is 0 Å². The largest absolute Gasteiger partial charge is 0.276 e. The second kappa shape index (κ2) is 4.41. The van der Waals surface area contributed by atoms with Crippen LogP contribution in [0.4, 0.5) is 0 Å². The number of aryl methyl sites for hydroxylation is 1. The van der Waals surface area contributed by atoms with Gasteiger partial charge in [0.15, 0.2) is 0 Å². The summed E-state index contributed by atoms with van der Waals surface area (Å²) in [6.45, 7) is 1.98. The van der Waals surface area contributed by atoms with E-state index >= 15 is 0 Å². The van der Waals surface area contributed by atoms with Gasteiger partial charge < -0.3 is 0 Å². The molecule has 18 heavy (non-hydrogen) atoms. The number of aromatic nitrogens is 4. The van der Waals surface area contributed by atoms with Gasteiger partial charge in [0.05, 0.1) is 17.6 Å². The second-order valence-electron chi connectivity index (χ2n) is 4.06. The van der Waals surface area contributed by atoms with Crippen molar-refractivity contribution < 1.29 is 0 Å². The van der Waals surface area contributed by atoms with E-state index in [1.165, 1.54) is 0 Å². The van der Waals surface area contributed by atoms with Crippen molar-refractivity contribution in [2.75, 3.05) is 0 Å². The predicted octanol–water partition coefficient (Wildman–Crippen LogP) is 2.84. The SMILES string of the molecule is Cc1cccc(-c2[nH]ncc2-c2ccncc2)n1. The van der Waals surface area contributed by atoms with Gasteiger partial charge >= 0.3 is 0 Å². The van der Waals surface area contributed by atoms with Gasteiger partial charge in [0.2, 0.25) is 0 Å². The zero-order chi connectivity index (χ0) is 12.4. The Morgan fingerprint density at radius 1 is 1.06 bits per heavy atom. The first-order chi connectivity index (χ1) is 8.84. The summed E-state index contributed by atoms with van der Waals surface area (Å²) in [6.07, 6.45) is 5.36. The van der Waals surface area contributed by atoms with Gasteiger partial charge in [0.1, 0.15) is 0 Å². The van der Waals surface area contributed by atoms with Gasteiger partial charge in [-0.1, -0.05) is 6.07 Å². The molecule has 0 amide bonds. The molecule has 0 spiro atoms. The minimum Gasteiger partial charge on any atom is -0.276 e. The Bertz CT molecular complexity index is 658. The summed E-state index contributed by atoms with van der Waals surface area (Å²) < 4.78 is 0. The lowest BCUT2D eigenvalue weighted by atomic mass is 10.1. The predicted molar refractivity (Wildman–Crippen MR) is 69.8 cm³/mol. The average molecular weight is 236 g/mol. The summed E-state index contributed by atoms with van der Waals surface area (Å²) in [7, 11) is 0. The molecule has 3 rings (SSSR count). The zero-order valence-electron chi connectivity index (χ0n) is 9.96. The van der Waals surface area contributed by atoms with Gasteiger partial charge in [-0.05, 0) is 36.8 Å². The summed E-state index contributed by atoms with van der Waals surface area (Å²) in [5, 5.41) is 7.13. The van der Waals surface area contributed by atoms with Crippen LogP contribution in [0, 0.1) is 6.92 Å². The Kier molecular flexibility index (Phi) is 2.61. The lowest BCUT2D eigenvalue weighted by molar-refractivity contribution is 1.08. The van der Waals surface area contributed by atoms with Gasteiger partial charge in [-0.15, -0.1) is 0 Å². The molecule has 3 aromatic heterocycles. The Morgan fingerprint density at radius 3 is 2.67 bits per heavy atom. The summed E-state index contributed by atoms with van der Waals surface area (Å²) in [5.41, 5.74) is 4.94. The van der Waals surface area contributed by atoms with Gasteiger partial charge in [0.25, 0.3) is 0 Å². The number of H-pyrrole nitrogens is 1. The van der Waals surface area contributed by atoms with Crippen molar-refractivity contribution in [1.82, 2.24) is 20.2 Å². The van der Waals surface area contributed by atoms with E-state index in [1.54, 1.807) is 12.4 Å². The monoisotopic (exact) mass is 236 g/mol. The van der Waals surface area contributed by atoms with E-state index < -0.39 is 0 Å². The Hall–Kier alpha value is -2.49. The third-order valence-corrected chi connectivity index (χ3v) is 2.78. The molecule has 3 heterocycles. The molecule has 3 aromatic rings. The van der Waals surface area contributed by atoms with Crippen molar-refractivity contribution in [3.05, 3.63) is 54.6 Å². The van der Waals surface area contributed by atoms with Crippen LogP contribution >= 0.6 is 0 Å². The first-order valence-electron chi connectivity index (χ1n) is 5.72. The van der Waals surface area contributed by atoms with E-state index in [1.807, 2.05) is 43.5 Å². The molecule has 4 nitrogen and oxygen atoms in total.